The molecular formula is C10H21N3O3S. The van der Waals surface area contributed by atoms with Crippen LogP contribution in [0.2, 0.25) is 0 Å². The average molecular weight is 263 g/mol. The van der Waals surface area contributed by atoms with E-state index < -0.39 is 10.2 Å². The van der Waals surface area contributed by atoms with Gasteiger partial charge in [0.05, 0.1) is 12.2 Å². The van der Waals surface area contributed by atoms with Gasteiger partial charge in [0.15, 0.2) is 0 Å². The number of morpholine rings is 1. The van der Waals surface area contributed by atoms with E-state index in [1.165, 1.54) is 0 Å². The van der Waals surface area contributed by atoms with Crippen LogP contribution < -0.4 is 5.32 Å². The van der Waals surface area contributed by atoms with E-state index in [1.54, 1.807) is 8.61 Å². The molecule has 0 amide bonds. The van der Waals surface area contributed by atoms with Crippen LogP contribution in [0.15, 0.2) is 0 Å². The second-order valence-corrected chi connectivity index (χ2v) is 6.66. The fourth-order valence-electron chi connectivity index (χ4n) is 2.36. The van der Waals surface area contributed by atoms with Gasteiger partial charge in [0.1, 0.15) is 0 Å². The minimum absolute atomic E-state index is 0.0311. The number of hydrogen-bond acceptors (Lipinski definition) is 4. The summed E-state index contributed by atoms with van der Waals surface area (Å²) in [6.45, 7) is 7.31. The Kier molecular flexibility index (Phi) is 4.04. The summed E-state index contributed by atoms with van der Waals surface area (Å²) < 4.78 is 33.5. The Bertz CT molecular complexity index is 344. The molecule has 0 aromatic carbocycles. The number of piperazine rings is 1. The summed E-state index contributed by atoms with van der Waals surface area (Å²) in [6, 6.07) is 0. The lowest BCUT2D eigenvalue weighted by molar-refractivity contribution is -0.0455. The first-order valence-corrected chi connectivity index (χ1v) is 7.51. The lowest BCUT2D eigenvalue weighted by Crippen LogP contribution is -2.56. The molecule has 100 valence electrons. The molecule has 17 heavy (non-hydrogen) atoms. The van der Waals surface area contributed by atoms with Crippen molar-refractivity contribution in [1.82, 2.24) is 13.9 Å². The lowest BCUT2D eigenvalue weighted by atomic mass is 10.3. The molecular weight excluding hydrogens is 242 g/mol. The van der Waals surface area contributed by atoms with Crippen LogP contribution in [0.5, 0.6) is 0 Å². The van der Waals surface area contributed by atoms with E-state index >= 15 is 0 Å². The van der Waals surface area contributed by atoms with E-state index in [0.717, 1.165) is 13.1 Å². The summed E-state index contributed by atoms with van der Waals surface area (Å²) in [5.74, 6) is 0. The van der Waals surface area contributed by atoms with Crippen molar-refractivity contribution in [3.05, 3.63) is 0 Å². The Morgan fingerprint density at radius 3 is 2.12 bits per heavy atom. The first-order chi connectivity index (χ1) is 8.00. The summed E-state index contributed by atoms with van der Waals surface area (Å²) in [5.41, 5.74) is 0. The first kappa shape index (κ1) is 13.2. The van der Waals surface area contributed by atoms with Gasteiger partial charge in [0, 0.05) is 39.3 Å². The van der Waals surface area contributed by atoms with Crippen molar-refractivity contribution >= 4 is 10.2 Å². The molecule has 0 aliphatic carbocycles. The Labute approximate surface area is 103 Å². The molecule has 2 atom stereocenters. The highest BCUT2D eigenvalue weighted by molar-refractivity contribution is 7.86. The first-order valence-electron chi connectivity index (χ1n) is 6.11. The van der Waals surface area contributed by atoms with E-state index in [0.29, 0.717) is 26.2 Å². The highest BCUT2D eigenvalue weighted by atomic mass is 32.2. The van der Waals surface area contributed by atoms with E-state index in [2.05, 4.69) is 5.32 Å². The van der Waals surface area contributed by atoms with Crippen LogP contribution in [-0.4, -0.2) is 68.5 Å². The standard InChI is InChI=1S/C10H21N3O3S/c1-9-7-13(8-10(2)16-9)17(14,15)12-5-3-11-4-6-12/h9-11H,3-8H2,1-2H3/t9-,10-/m1/s1. The Morgan fingerprint density at radius 1 is 1.06 bits per heavy atom. The minimum Gasteiger partial charge on any atom is -0.373 e. The van der Waals surface area contributed by atoms with Crippen molar-refractivity contribution in [1.29, 1.82) is 0 Å². The van der Waals surface area contributed by atoms with Crippen molar-refractivity contribution < 1.29 is 13.2 Å². The maximum absolute atomic E-state index is 12.4. The van der Waals surface area contributed by atoms with Gasteiger partial charge in [-0.3, -0.25) is 0 Å². The molecule has 0 aromatic heterocycles. The van der Waals surface area contributed by atoms with Crippen molar-refractivity contribution in [2.75, 3.05) is 39.3 Å². The van der Waals surface area contributed by atoms with Crippen LogP contribution in [0.25, 0.3) is 0 Å². The number of rotatable bonds is 2. The molecule has 0 spiro atoms. The molecule has 0 unspecified atom stereocenters. The zero-order chi connectivity index (χ0) is 12.5. The monoisotopic (exact) mass is 263 g/mol. The van der Waals surface area contributed by atoms with Crippen molar-refractivity contribution in [3.8, 4) is 0 Å². The third kappa shape index (κ3) is 2.97. The molecule has 2 fully saturated rings. The molecule has 2 aliphatic heterocycles. The smallest absolute Gasteiger partial charge is 0.282 e. The van der Waals surface area contributed by atoms with E-state index in [-0.39, 0.29) is 12.2 Å². The van der Waals surface area contributed by atoms with Crippen LogP contribution in [-0.2, 0) is 14.9 Å². The summed E-state index contributed by atoms with van der Waals surface area (Å²) in [5, 5.41) is 3.16. The number of nitrogens with one attached hydrogen (secondary N) is 1. The Hall–Kier alpha value is -0.210. The minimum atomic E-state index is -3.30. The van der Waals surface area contributed by atoms with E-state index in [9.17, 15) is 8.42 Å². The molecule has 7 heteroatoms. The van der Waals surface area contributed by atoms with Crippen LogP contribution in [0.4, 0.5) is 0 Å². The van der Waals surface area contributed by atoms with Gasteiger partial charge in [-0.05, 0) is 13.8 Å². The predicted molar refractivity (Wildman–Crippen MR) is 64.9 cm³/mol. The van der Waals surface area contributed by atoms with Gasteiger partial charge in [0.25, 0.3) is 10.2 Å². The molecule has 0 aromatic rings. The van der Waals surface area contributed by atoms with Crippen molar-refractivity contribution in [2.45, 2.75) is 26.1 Å². The second kappa shape index (κ2) is 5.19. The number of ether oxygens (including phenoxy) is 1. The van der Waals surface area contributed by atoms with Gasteiger partial charge in [-0.15, -0.1) is 0 Å². The van der Waals surface area contributed by atoms with E-state index in [1.807, 2.05) is 13.8 Å². The molecule has 0 bridgehead atoms. The highest BCUT2D eigenvalue weighted by Crippen LogP contribution is 2.17. The van der Waals surface area contributed by atoms with Crippen LogP contribution in [0.1, 0.15) is 13.8 Å². The van der Waals surface area contributed by atoms with Crippen LogP contribution in [0, 0.1) is 0 Å². The normalized spacial score (nSPS) is 33.8. The Balaban J connectivity index is 2.08. The third-order valence-corrected chi connectivity index (χ3v) is 5.08. The van der Waals surface area contributed by atoms with Gasteiger partial charge < -0.3 is 10.1 Å². The molecule has 2 rings (SSSR count). The highest BCUT2D eigenvalue weighted by Gasteiger charge is 2.35. The molecule has 2 heterocycles. The van der Waals surface area contributed by atoms with Gasteiger partial charge in [-0.25, -0.2) is 0 Å². The third-order valence-electron chi connectivity index (χ3n) is 3.11. The van der Waals surface area contributed by atoms with Gasteiger partial charge >= 0.3 is 0 Å². The zero-order valence-corrected chi connectivity index (χ0v) is 11.2. The lowest BCUT2D eigenvalue weighted by Gasteiger charge is -2.38. The van der Waals surface area contributed by atoms with Gasteiger partial charge in [-0.2, -0.15) is 17.0 Å². The summed E-state index contributed by atoms with van der Waals surface area (Å²) >= 11 is 0. The maximum atomic E-state index is 12.4. The zero-order valence-electron chi connectivity index (χ0n) is 10.4. The topological polar surface area (TPSA) is 61.9 Å². The molecule has 6 nitrogen and oxygen atoms in total. The average Bonchev–Trinajstić information content (AvgIpc) is 2.29. The van der Waals surface area contributed by atoms with Crippen LogP contribution in [0.3, 0.4) is 0 Å². The maximum Gasteiger partial charge on any atom is 0.282 e. The fourth-order valence-corrected chi connectivity index (χ4v) is 4.12. The summed E-state index contributed by atoms with van der Waals surface area (Å²) in [4.78, 5) is 0. The number of nitrogens with zero attached hydrogens (tertiary/aromatic N) is 2. The quantitative estimate of drug-likeness (QED) is 0.712. The number of hydrogen-bond donors (Lipinski definition) is 1. The van der Waals surface area contributed by atoms with Gasteiger partial charge in [-0.1, -0.05) is 0 Å². The van der Waals surface area contributed by atoms with E-state index in [4.69, 9.17) is 4.74 Å². The molecule has 1 N–H and O–H groups in total. The molecule has 0 saturated carbocycles. The van der Waals surface area contributed by atoms with Crippen molar-refractivity contribution in [3.63, 3.8) is 0 Å². The molecule has 2 aliphatic rings. The van der Waals surface area contributed by atoms with Crippen LogP contribution >= 0.6 is 0 Å². The van der Waals surface area contributed by atoms with Gasteiger partial charge in [0.2, 0.25) is 0 Å². The Morgan fingerprint density at radius 2 is 1.59 bits per heavy atom. The fraction of sp³-hybridized carbons (Fsp3) is 1.00. The second-order valence-electron chi connectivity index (χ2n) is 4.73. The summed E-state index contributed by atoms with van der Waals surface area (Å²) in [6.07, 6.45) is -0.0621. The SMILES string of the molecule is C[C@@H]1CN(S(=O)(=O)N2CCNCC2)C[C@@H](C)O1. The summed E-state index contributed by atoms with van der Waals surface area (Å²) in [7, 11) is -3.30. The predicted octanol–water partition coefficient (Wildman–Crippen LogP) is -0.754. The molecule has 2 saturated heterocycles. The largest absolute Gasteiger partial charge is 0.373 e. The van der Waals surface area contributed by atoms with Crippen molar-refractivity contribution in [2.24, 2.45) is 0 Å². The molecule has 0 radical (unpaired) electrons.